The van der Waals surface area contributed by atoms with Crippen LogP contribution in [-0.4, -0.2) is 21.5 Å². The highest BCUT2D eigenvalue weighted by Crippen LogP contribution is 2.08. The van der Waals surface area contributed by atoms with Crippen molar-refractivity contribution in [3.05, 3.63) is 11.4 Å². The average Bonchev–Trinajstić information content (AvgIpc) is 2.62. The molecule has 1 heterocycles. The van der Waals surface area contributed by atoms with Gasteiger partial charge in [-0.05, 0) is 19.9 Å². The van der Waals surface area contributed by atoms with Gasteiger partial charge in [0.05, 0.1) is 11.4 Å². The number of aromatic nitrogens is 3. The maximum absolute atomic E-state index is 5.52. The van der Waals surface area contributed by atoms with Crippen LogP contribution in [0.5, 0.6) is 0 Å². The molecule has 16 heavy (non-hydrogen) atoms. The molecule has 4 heteroatoms. The van der Waals surface area contributed by atoms with E-state index in [1.165, 1.54) is 37.8 Å². The van der Waals surface area contributed by atoms with Crippen molar-refractivity contribution in [2.75, 3.05) is 6.54 Å². The molecule has 2 N–H and O–H groups in total. The quantitative estimate of drug-likeness (QED) is 0.688. The van der Waals surface area contributed by atoms with E-state index in [1.54, 1.807) is 0 Å². The summed E-state index contributed by atoms with van der Waals surface area (Å²) in [6, 6.07) is 0. The zero-order valence-electron chi connectivity index (χ0n) is 10.6. The van der Waals surface area contributed by atoms with Crippen LogP contribution in [0.15, 0.2) is 0 Å². The van der Waals surface area contributed by atoms with Crippen molar-refractivity contribution in [2.24, 2.45) is 5.73 Å². The molecular formula is C12H24N4. The summed E-state index contributed by atoms with van der Waals surface area (Å²) in [6.07, 6.45) is 7.30. The fourth-order valence-corrected chi connectivity index (χ4v) is 1.84. The normalized spacial score (nSPS) is 10.9. The maximum Gasteiger partial charge on any atom is 0.0868 e. The van der Waals surface area contributed by atoms with E-state index in [-0.39, 0.29) is 0 Å². The van der Waals surface area contributed by atoms with Crippen molar-refractivity contribution in [1.82, 2.24) is 15.0 Å². The Bertz CT molecular complexity index is 293. The Morgan fingerprint density at radius 2 is 1.94 bits per heavy atom. The first-order valence-electron chi connectivity index (χ1n) is 6.38. The summed E-state index contributed by atoms with van der Waals surface area (Å²) in [5.41, 5.74) is 7.75. The molecule has 0 saturated heterocycles. The third kappa shape index (κ3) is 3.93. The van der Waals surface area contributed by atoms with Gasteiger partial charge >= 0.3 is 0 Å². The van der Waals surface area contributed by atoms with E-state index < -0.39 is 0 Å². The lowest BCUT2D eigenvalue weighted by Crippen LogP contribution is -2.06. The Hall–Kier alpha value is -0.900. The molecule has 0 aliphatic heterocycles. The van der Waals surface area contributed by atoms with Crippen LogP contribution in [0.25, 0.3) is 0 Å². The third-order valence-electron chi connectivity index (χ3n) is 2.93. The van der Waals surface area contributed by atoms with Crippen molar-refractivity contribution in [2.45, 2.75) is 58.9 Å². The number of nitrogens with zero attached hydrogens (tertiary/aromatic N) is 3. The molecule has 92 valence electrons. The summed E-state index contributed by atoms with van der Waals surface area (Å²) in [7, 11) is 0. The van der Waals surface area contributed by atoms with E-state index in [0.29, 0.717) is 6.54 Å². The SMILES string of the molecule is CCCCCCCn1nnc(CCN)c1C. The molecule has 0 fully saturated rings. The highest BCUT2D eigenvalue weighted by molar-refractivity contribution is 5.07. The molecule has 0 bridgehead atoms. The van der Waals surface area contributed by atoms with E-state index in [1.807, 2.05) is 4.68 Å². The second kappa shape index (κ2) is 7.39. The van der Waals surface area contributed by atoms with Gasteiger partial charge < -0.3 is 5.73 Å². The van der Waals surface area contributed by atoms with E-state index in [4.69, 9.17) is 5.73 Å². The lowest BCUT2D eigenvalue weighted by atomic mass is 10.1. The standard InChI is InChI=1S/C12H24N4/c1-3-4-5-6-7-10-16-11(2)12(8-9-13)14-15-16/h3-10,13H2,1-2H3. The molecule has 0 aromatic carbocycles. The van der Waals surface area contributed by atoms with Gasteiger partial charge in [-0.3, -0.25) is 0 Å². The molecule has 0 aliphatic carbocycles. The van der Waals surface area contributed by atoms with Gasteiger partial charge in [0.1, 0.15) is 0 Å². The van der Waals surface area contributed by atoms with Crippen LogP contribution in [0.3, 0.4) is 0 Å². The predicted octanol–water partition coefficient (Wildman–Crippen LogP) is 2.06. The van der Waals surface area contributed by atoms with Crippen LogP contribution in [0.1, 0.15) is 50.4 Å². The first kappa shape index (κ1) is 13.2. The van der Waals surface area contributed by atoms with E-state index >= 15 is 0 Å². The Morgan fingerprint density at radius 3 is 2.62 bits per heavy atom. The Labute approximate surface area is 98.2 Å². The highest BCUT2D eigenvalue weighted by Gasteiger charge is 2.06. The second-order valence-electron chi connectivity index (χ2n) is 4.30. The minimum absolute atomic E-state index is 0.649. The molecule has 1 aromatic rings. The number of rotatable bonds is 8. The Morgan fingerprint density at radius 1 is 1.19 bits per heavy atom. The molecule has 0 aliphatic rings. The minimum Gasteiger partial charge on any atom is -0.330 e. The zero-order valence-corrected chi connectivity index (χ0v) is 10.6. The summed E-state index contributed by atoms with van der Waals surface area (Å²) in [4.78, 5) is 0. The Balaban J connectivity index is 2.31. The number of unbranched alkanes of at least 4 members (excludes halogenated alkanes) is 4. The van der Waals surface area contributed by atoms with Gasteiger partial charge in [0.25, 0.3) is 0 Å². The number of hydrogen-bond acceptors (Lipinski definition) is 3. The lowest BCUT2D eigenvalue weighted by Gasteiger charge is -2.03. The predicted molar refractivity (Wildman–Crippen MR) is 66.3 cm³/mol. The van der Waals surface area contributed by atoms with Gasteiger partial charge in [0.15, 0.2) is 0 Å². The molecule has 1 aromatic heterocycles. The van der Waals surface area contributed by atoms with Gasteiger partial charge in [0, 0.05) is 13.0 Å². The van der Waals surface area contributed by atoms with Crippen molar-refractivity contribution in [3.63, 3.8) is 0 Å². The van der Waals surface area contributed by atoms with Gasteiger partial charge in [-0.15, -0.1) is 5.10 Å². The summed E-state index contributed by atoms with van der Waals surface area (Å²) in [6.45, 7) is 5.96. The molecule has 0 radical (unpaired) electrons. The maximum atomic E-state index is 5.52. The van der Waals surface area contributed by atoms with Crippen molar-refractivity contribution >= 4 is 0 Å². The van der Waals surface area contributed by atoms with E-state index in [2.05, 4.69) is 24.2 Å². The zero-order chi connectivity index (χ0) is 11.8. The van der Waals surface area contributed by atoms with E-state index in [9.17, 15) is 0 Å². The second-order valence-corrected chi connectivity index (χ2v) is 4.30. The summed E-state index contributed by atoms with van der Waals surface area (Å²) in [5, 5.41) is 8.32. The monoisotopic (exact) mass is 224 g/mol. The van der Waals surface area contributed by atoms with Crippen LogP contribution in [0.4, 0.5) is 0 Å². The van der Waals surface area contributed by atoms with Crippen molar-refractivity contribution in [3.8, 4) is 0 Å². The van der Waals surface area contributed by atoms with Crippen LogP contribution in [-0.2, 0) is 13.0 Å². The minimum atomic E-state index is 0.649. The molecule has 0 unspecified atom stereocenters. The van der Waals surface area contributed by atoms with Crippen LogP contribution >= 0.6 is 0 Å². The fraction of sp³-hybridized carbons (Fsp3) is 0.833. The van der Waals surface area contributed by atoms with E-state index in [0.717, 1.165) is 18.7 Å². The topological polar surface area (TPSA) is 56.7 Å². The lowest BCUT2D eigenvalue weighted by molar-refractivity contribution is 0.513. The summed E-state index contributed by atoms with van der Waals surface area (Å²) < 4.78 is 2.01. The van der Waals surface area contributed by atoms with Gasteiger partial charge in [-0.2, -0.15) is 0 Å². The molecule has 1 rings (SSSR count). The van der Waals surface area contributed by atoms with Gasteiger partial charge in [-0.25, -0.2) is 4.68 Å². The molecule has 0 saturated carbocycles. The molecule has 0 atom stereocenters. The van der Waals surface area contributed by atoms with Gasteiger partial charge in [0.2, 0.25) is 0 Å². The smallest absolute Gasteiger partial charge is 0.0868 e. The summed E-state index contributed by atoms with van der Waals surface area (Å²) in [5.74, 6) is 0. The molecule has 0 amide bonds. The molecule has 4 nitrogen and oxygen atoms in total. The van der Waals surface area contributed by atoms with Crippen molar-refractivity contribution < 1.29 is 0 Å². The van der Waals surface area contributed by atoms with Crippen LogP contribution in [0, 0.1) is 6.92 Å². The van der Waals surface area contributed by atoms with Crippen LogP contribution in [0.2, 0.25) is 0 Å². The highest BCUT2D eigenvalue weighted by atomic mass is 15.4. The molecule has 0 spiro atoms. The van der Waals surface area contributed by atoms with Crippen molar-refractivity contribution in [1.29, 1.82) is 0 Å². The number of nitrogens with two attached hydrogens (primary N) is 1. The molecular weight excluding hydrogens is 200 g/mol. The average molecular weight is 224 g/mol. The third-order valence-corrected chi connectivity index (χ3v) is 2.93. The fourth-order valence-electron chi connectivity index (χ4n) is 1.84. The van der Waals surface area contributed by atoms with Crippen LogP contribution < -0.4 is 5.73 Å². The largest absolute Gasteiger partial charge is 0.330 e. The first-order valence-corrected chi connectivity index (χ1v) is 6.38. The number of hydrogen-bond donors (Lipinski definition) is 1. The number of aryl methyl sites for hydroxylation is 1. The summed E-state index contributed by atoms with van der Waals surface area (Å²) >= 11 is 0. The van der Waals surface area contributed by atoms with Gasteiger partial charge in [-0.1, -0.05) is 37.8 Å². The first-order chi connectivity index (χ1) is 7.79. The Kier molecular flexibility index (Phi) is 6.08.